The summed E-state index contributed by atoms with van der Waals surface area (Å²) in [7, 11) is -3.59. The van der Waals surface area contributed by atoms with Gasteiger partial charge in [0.05, 0.1) is 27.6 Å². The second kappa shape index (κ2) is 7.03. The fourth-order valence-electron chi connectivity index (χ4n) is 2.58. The second-order valence-corrected chi connectivity index (χ2v) is 8.62. The van der Waals surface area contributed by atoms with E-state index in [9.17, 15) is 18.0 Å². The van der Waals surface area contributed by atoms with Gasteiger partial charge in [0.25, 0.3) is 11.8 Å². The molecule has 0 saturated heterocycles. The SMILES string of the molecule is Cc1nc(CCNS(=O)(=O)CCN2C(=O)c3ccccc3C2=O)cs1. The molecule has 2 aromatic rings. The lowest BCUT2D eigenvalue weighted by Gasteiger charge is -2.14. The van der Waals surface area contributed by atoms with Crippen LogP contribution < -0.4 is 4.72 Å². The fourth-order valence-corrected chi connectivity index (χ4v) is 4.21. The highest BCUT2D eigenvalue weighted by atomic mass is 32.2. The lowest BCUT2D eigenvalue weighted by molar-refractivity contribution is 0.0664. The van der Waals surface area contributed by atoms with Crippen LogP contribution in [0.3, 0.4) is 0 Å². The predicted octanol–water partition coefficient (Wildman–Crippen LogP) is 1.21. The first-order chi connectivity index (χ1) is 11.9. The summed E-state index contributed by atoms with van der Waals surface area (Å²) >= 11 is 1.51. The van der Waals surface area contributed by atoms with E-state index in [4.69, 9.17) is 0 Å². The maximum Gasteiger partial charge on any atom is 0.261 e. The van der Waals surface area contributed by atoms with Gasteiger partial charge in [0.2, 0.25) is 10.0 Å². The topological polar surface area (TPSA) is 96.4 Å². The highest BCUT2D eigenvalue weighted by molar-refractivity contribution is 7.89. The molecule has 1 N–H and O–H groups in total. The van der Waals surface area contributed by atoms with Crippen molar-refractivity contribution in [1.29, 1.82) is 0 Å². The summed E-state index contributed by atoms with van der Waals surface area (Å²) in [6.07, 6.45) is 0.497. The van der Waals surface area contributed by atoms with Crippen LogP contribution in [0.2, 0.25) is 0 Å². The van der Waals surface area contributed by atoms with Crippen molar-refractivity contribution >= 4 is 33.2 Å². The first-order valence-corrected chi connectivity index (χ1v) is 10.2. The van der Waals surface area contributed by atoms with Gasteiger partial charge in [-0.3, -0.25) is 14.5 Å². The Kier molecular flexibility index (Phi) is 4.98. The summed E-state index contributed by atoms with van der Waals surface area (Å²) in [5.74, 6) is -1.23. The van der Waals surface area contributed by atoms with Crippen molar-refractivity contribution in [1.82, 2.24) is 14.6 Å². The van der Waals surface area contributed by atoms with Gasteiger partial charge in [-0.1, -0.05) is 12.1 Å². The zero-order valence-electron chi connectivity index (χ0n) is 13.6. The number of nitrogens with one attached hydrogen (secondary N) is 1. The van der Waals surface area contributed by atoms with E-state index >= 15 is 0 Å². The Balaban J connectivity index is 1.54. The number of sulfonamides is 1. The van der Waals surface area contributed by atoms with Crippen LogP contribution in [0.4, 0.5) is 0 Å². The summed E-state index contributed by atoms with van der Waals surface area (Å²) in [6.45, 7) is 1.95. The van der Waals surface area contributed by atoms with Gasteiger partial charge in [-0.15, -0.1) is 11.3 Å². The molecular formula is C16H17N3O4S2. The Hall–Kier alpha value is -2.10. The van der Waals surface area contributed by atoms with E-state index in [0.29, 0.717) is 17.5 Å². The normalized spacial score (nSPS) is 14.2. The van der Waals surface area contributed by atoms with Crippen LogP contribution in [0, 0.1) is 6.92 Å². The number of benzene rings is 1. The van der Waals surface area contributed by atoms with Crippen LogP contribution in [-0.4, -0.2) is 49.0 Å². The predicted molar refractivity (Wildman–Crippen MR) is 94.2 cm³/mol. The molecule has 1 aliphatic heterocycles. The molecule has 0 aliphatic carbocycles. The Morgan fingerprint density at radius 2 is 1.80 bits per heavy atom. The second-order valence-electron chi connectivity index (χ2n) is 5.63. The fraction of sp³-hybridized carbons (Fsp3) is 0.312. The van der Waals surface area contributed by atoms with E-state index in [1.165, 1.54) is 11.3 Å². The number of imide groups is 1. The number of aromatic nitrogens is 1. The van der Waals surface area contributed by atoms with Gasteiger partial charge in [0, 0.05) is 24.9 Å². The number of amides is 2. The summed E-state index contributed by atoms with van der Waals surface area (Å²) in [5, 5.41) is 2.83. The average molecular weight is 379 g/mol. The average Bonchev–Trinajstić information content (AvgIpc) is 3.09. The smallest absolute Gasteiger partial charge is 0.261 e. The van der Waals surface area contributed by atoms with Crippen LogP contribution in [0.15, 0.2) is 29.6 Å². The number of rotatable bonds is 7. The Morgan fingerprint density at radius 1 is 1.16 bits per heavy atom. The lowest BCUT2D eigenvalue weighted by Crippen LogP contribution is -2.38. The monoisotopic (exact) mass is 379 g/mol. The van der Waals surface area contributed by atoms with Gasteiger partial charge in [-0.05, 0) is 19.1 Å². The minimum Gasteiger partial charge on any atom is -0.273 e. The molecule has 132 valence electrons. The Labute approximate surface area is 149 Å². The molecule has 2 amide bonds. The van der Waals surface area contributed by atoms with E-state index in [0.717, 1.165) is 15.6 Å². The third-order valence-electron chi connectivity index (χ3n) is 3.83. The first kappa shape index (κ1) is 17.7. The van der Waals surface area contributed by atoms with E-state index in [1.807, 2.05) is 12.3 Å². The highest BCUT2D eigenvalue weighted by Gasteiger charge is 2.35. The van der Waals surface area contributed by atoms with E-state index in [1.54, 1.807) is 24.3 Å². The van der Waals surface area contributed by atoms with Crippen LogP contribution in [-0.2, 0) is 16.4 Å². The molecule has 7 nitrogen and oxygen atoms in total. The maximum absolute atomic E-state index is 12.2. The molecule has 2 heterocycles. The number of carbonyl (C=O) groups is 2. The van der Waals surface area contributed by atoms with Crippen molar-refractivity contribution in [3.63, 3.8) is 0 Å². The standard InChI is InChI=1S/C16H17N3O4S2/c1-11-18-12(10-24-11)6-7-17-25(22,23)9-8-19-15(20)13-4-2-3-5-14(13)16(19)21/h2-5,10,17H,6-9H2,1H3. The van der Waals surface area contributed by atoms with Gasteiger partial charge in [0.15, 0.2) is 0 Å². The molecule has 9 heteroatoms. The number of hydrogen-bond acceptors (Lipinski definition) is 6. The number of nitrogens with zero attached hydrogens (tertiary/aromatic N) is 2. The largest absolute Gasteiger partial charge is 0.273 e. The van der Waals surface area contributed by atoms with Crippen LogP contribution in [0.1, 0.15) is 31.4 Å². The summed E-state index contributed by atoms with van der Waals surface area (Å²) in [5.41, 5.74) is 1.47. The molecule has 0 unspecified atom stereocenters. The summed E-state index contributed by atoms with van der Waals surface area (Å²) < 4.78 is 26.7. The van der Waals surface area contributed by atoms with Gasteiger partial charge in [-0.25, -0.2) is 18.1 Å². The molecule has 0 bridgehead atoms. The third-order valence-corrected chi connectivity index (χ3v) is 6.02. The van der Waals surface area contributed by atoms with Gasteiger partial charge in [0.1, 0.15) is 0 Å². The molecule has 1 aromatic carbocycles. The molecule has 3 rings (SSSR count). The van der Waals surface area contributed by atoms with Crippen LogP contribution in [0.5, 0.6) is 0 Å². The Bertz CT molecular complexity index is 886. The van der Waals surface area contributed by atoms with Gasteiger partial charge < -0.3 is 0 Å². The molecule has 1 aliphatic rings. The van der Waals surface area contributed by atoms with Crippen LogP contribution >= 0.6 is 11.3 Å². The molecule has 25 heavy (non-hydrogen) atoms. The molecule has 1 aromatic heterocycles. The minimum atomic E-state index is -3.59. The van der Waals surface area contributed by atoms with Gasteiger partial charge in [-0.2, -0.15) is 0 Å². The van der Waals surface area contributed by atoms with Crippen LogP contribution in [0.25, 0.3) is 0 Å². The summed E-state index contributed by atoms with van der Waals surface area (Å²) in [4.78, 5) is 29.7. The third kappa shape index (κ3) is 3.94. The number of fused-ring (bicyclic) bond motifs is 1. The number of hydrogen-bond donors (Lipinski definition) is 1. The van der Waals surface area contributed by atoms with Crippen molar-refractivity contribution in [3.8, 4) is 0 Å². The molecule has 0 spiro atoms. The van der Waals surface area contributed by atoms with Crippen molar-refractivity contribution < 1.29 is 18.0 Å². The quantitative estimate of drug-likeness (QED) is 0.730. The first-order valence-electron chi connectivity index (χ1n) is 7.71. The zero-order valence-corrected chi connectivity index (χ0v) is 15.2. The van der Waals surface area contributed by atoms with Crippen molar-refractivity contribution in [3.05, 3.63) is 51.5 Å². The molecule has 0 fully saturated rings. The number of aryl methyl sites for hydroxylation is 1. The Morgan fingerprint density at radius 3 is 2.36 bits per heavy atom. The summed E-state index contributed by atoms with van der Waals surface area (Å²) in [6, 6.07) is 6.48. The van der Waals surface area contributed by atoms with Crippen molar-refractivity contribution in [2.45, 2.75) is 13.3 Å². The number of carbonyl (C=O) groups excluding carboxylic acids is 2. The van der Waals surface area contributed by atoms with E-state index < -0.39 is 21.8 Å². The highest BCUT2D eigenvalue weighted by Crippen LogP contribution is 2.22. The molecule has 0 atom stereocenters. The minimum absolute atomic E-state index is 0.169. The van der Waals surface area contributed by atoms with Crippen molar-refractivity contribution in [2.24, 2.45) is 0 Å². The molecular weight excluding hydrogens is 362 g/mol. The maximum atomic E-state index is 12.2. The lowest BCUT2D eigenvalue weighted by atomic mass is 10.1. The van der Waals surface area contributed by atoms with Crippen molar-refractivity contribution in [2.75, 3.05) is 18.8 Å². The molecule has 0 radical (unpaired) electrons. The van der Waals surface area contributed by atoms with E-state index in [2.05, 4.69) is 9.71 Å². The number of thiazole rings is 1. The molecule has 0 saturated carbocycles. The van der Waals surface area contributed by atoms with E-state index in [-0.39, 0.29) is 18.8 Å². The zero-order chi connectivity index (χ0) is 18.0. The van der Waals surface area contributed by atoms with Gasteiger partial charge >= 0.3 is 0 Å².